The number of fused-ring (bicyclic) bond motifs is 4. The predicted octanol–water partition coefficient (Wildman–Crippen LogP) is 2.77. The molecule has 3 aromatic rings. The quantitative estimate of drug-likeness (QED) is 0.569. The van der Waals surface area contributed by atoms with E-state index in [-0.39, 0.29) is 11.4 Å². The highest BCUT2D eigenvalue weighted by atomic mass is 16.2. The summed E-state index contributed by atoms with van der Waals surface area (Å²) in [5.74, 6) is 1.17. The predicted molar refractivity (Wildman–Crippen MR) is 128 cm³/mol. The van der Waals surface area contributed by atoms with Crippen LogP contribution in [0.3, 0.4) is 0 Å². The van der Waals surface area contributed by atoms with Crippen molar-refractivity contribution >= 4 is 34.4 Å². The summed E-state index contributed by atoms with van der Waals surface area (Å²) in [5, 5.41) is 10.7. The number of amides is 1. The zero-order valence-corrected chi connectivity index (χ0v) is 19.0. The Labute approximate surface area is 193 Å². The van der Waals surface area contributed by atoms with Crippen LogP contribution >= 0.6 is 0 Å². The van der Waals surface area contributed by atoms with Gasteiger partial charge in [0.25, 0.3) is 5.91 Å². The van der Waals surface area contributed by atoms with Gasteiger partial charge in [-0.05, 0) is 38.0 Å². The van der Waals surface area contributed by atoms with Crippen molar-refractivity contribution in [2.24, 2.45) is 0 Å². The minimum Gasteiger partial charge on any atom is -0.367 e. The fourth-order valence-corrected chi connectivity index (χ4v) is 5.65. The van der Waals surface area contributed by atoms with Crippen LogP contribution < -0.4 is 20.9 Å². The van der Waals surface area contributed by atoms with Crippen LogP contribution in [0.15, 0.2) is 30.6 Å². The molecule has 5 heterocycles. The van der Waals surface area contributed by atoms with Crippen LogP contribution in [0.4, 0.5) is 17.5 Å². The van der Waals surface area contributed by atoms with Gasteiger partial charge in [0.1, 0.15) is 17.2 Å². The van der Waals surface area contributed by atoms with E-state index in [1.54, 1.807) is 6.20 Å². The molecule has 2 aliphatic heterocycles. The number of piperazine rings is 1. The average molecular weight is 447 g/mol. The van der Waals surface area contributed by atoms with Crippen LogP contribution in [0.25, 0.3) is 11.0 Å². The van der Waals surface area contributed by atoms with Crippen molar-refractivity contribution < 1.29 is 4.79 Å². The minimum absolute atomic E-state index is 0.0294. The molecule has 0 unspecified atom stereocenters. The first kappa shape index (κ1) is 20.4. The van der Waals surface area contributed by atoms with E-state index in [0.717, 1.165) is 49.2 Å². The van der Waals surface area contributed by atoms with E-state index in [1.807, 2.05) is 18.3 Å². The molecule has 0 aromatic carbocycles. The Morgan fingerprint density at radius 2 is 2.03 bits per heavy atom. The molecule has 1 atom stereocenters. The minimum atomic E-state index is -0.0881. The second-order valence-electron chi connectivity index (χ2n) is 9.63. The third kappa shape index (κ3) is 3.60. The van der Waals surface area contributed by atoms with Gasteiger partial charge in [0.2, 0.25) is 5.95 Å². The second-order valence-corrected chi connectivity index (χ2v) is 9.63. The number of carbonyl (C=O) groups excluding carboxylic acids is 1. The number of anilines is 3. The SMILES string of the molecule is C[C@@H]1CN(c2ccc(Nc3ncc4cc5n(c4n3)C3(CCCCC3)CNC5=O)nc2)CCN1. The highest BCUT2D eigenvalue weighted by molar-refractivity contribution is 5.99. The Balaban J connectivity index is 1.30. The van der Waals surface area contributed by atoms with E-state index in [1.165, 1.54) is 19.3 Å². The maximum atomic E-state index is 12.6. The third-order valence-corrected chi connectivity index (χ3v) is 7.33. The van der Waals surface area contributed by atoms with Gasteiger partial charge in [-0.25, -0.2) is 9.97 Å². The molecule has 2 fully saturated rings. The first-order valence-electron chi connectivity index (χ1n) is 12.0. The van der Waals surface area contributed by atoms with E-state index >= 15 is 0 Å². The van der Waals surface area contributed by atoms with Crippen LogP contribution in [0.5, 0.6) is 0 Å². The molecule has 6 rings (SSSR count). The zero-order valence-electron chi connectivity index (χ0n) is 19.0. The van der Waals surface area contributed by atoms with Crippen LogP contribution in [0, 0.1) is 0 Å². The molecular formula is C24H30N8O. The normalized spacial score (nSPS) is 22.3. The summed E-state index contributed by atoms with van der Waals surface area (Å²) in [6.07, 6.45) is 9.42. The lowest BCUT2D eigenvalue weighted by molar-refractivity contribution is 0.0833. The first-order valence-corrected chi connectivity index (χ1v) is 12.0. The fourth-order valence-electron chi connectivity index (χ4n) is 5.65. The summed E-state index contributed by atoms with van der Waals surface area (Å²) in [6, 6.07) is 6.45. The van der Waals surface area contributed by atoms with Crippen molar-refractivity contribution in [2.75, 3.05) is 36.4 Å². The van der Waals surface area contributed by atoms with Gasteiger partial charge in [0.15, 0.2) is 0 Å². The molecule has 9 heteroatoms. The smallest absolute Gasteiger partial charge is 0.268 e. The van der Waals surface area contributed by atoms with E-state index in [9.17, 15) is 4.79 Å². The van der Waals surface area contributed by atoms with Gasteiger partial charge in [0, 0.05) is 43.8 Å². The number of pyridine rings is 1. The summed E-state index contributed by atoms with van der Waals surface area (Å²) >= 11 is 0. The molecule has 1 spiro atoms. The molecular weight excluding hydrogens is 416 g/mol. The summed E-state index contributed by atoms with van der Waals surface area (Å²) in [4.78, 5) is 28.9. The Bertz CT molecular complexity index is 1180. The molecule has 0 radical (unpaired) electrons. The maximum Gasteiger partial charge on any atom is 0.268 e. The van der Waals surface area contributed by atoms with E-state index in [4.69, 9.17) is 4.98 Å². The van der Waals surface area contributed by atoms with Gasteiger partial charge in [-0.15, -0.1) is 0 Å². The van der Waals surface area contributed by atoms with E-state index < -0.39 is 0 Å². The Morgan fingerprint density at radius 3 is 2.82 bits per heavy atom. The van der Waals surface area contributed by atoms with Gasteiger partial charge in [-0.2, -0.15) is 4.98 Å². The Hall–Kier alpha value is -3.20. The molecule has 33 heavy (non-hydrogen) atoms. The van der Waals surface area contributed by atoms with Crippen molar-refractivity contribution in [1.29, 1.82) is 0 Å². The fraction of sp³-hybridized carbons (Fsp3) is 0.500. The summed E-state index contributed by atoms with van der Waals surface area (Å²) in [5.41, 5.74) is 2.55. The number of aromatic nitrogens is 4. The Kier molecular flexibility index (Phi) is 4.94. The molecule has 1 saturated carbocycles. The van der Waals surface area contributed by atoms with Crippen LogP contribution in [-0.2, 0) is 5.54 Å². The number of carbonyl (C=O) groups is 1. The van der Waals surface area contributed by atoms with Crippen LogP contribution in [-0.4, -0.2) is 57.6 Å². The molecule has 1 saturated heterocycles. The lowest BCUT2D eigenvalue weighted by Gasteiger charge is -2.42. The highest BCUT2D eigenvalue weighted by Gasteiger charge is 2.41. The number of rotatable bonds is 3. The van der Waals surface area contributed by atoms with Crippen molar-refractivity contribution in [3.8, 4) is 0 Å². The molecule has 3 aromatic heterocycles. The zero-order chi connectivity index (χ0) is 22.4. The van der Waals surface area contributed by atoms with Crippen molar-refractivity contribution in [3.05, 3.63) is 36.3 Å². The number of nitrogens with one attached hydrogen (secondary N) is 3. The summed E-state index contributed by atoms with van der Waals surface area (Å²) in [6.45, 7) is 5.81. The average Bonchev–Trinajstić information content (AvgIpc) is 3.24. The highest BCUT2D eigenvalue weighted by Crippen LogP contribution is 2.40. The maximum absolute atomic E-state index is 12.6. The molecule has 172 valence electrons. The topological polar surface area (TPSA) is 100 Å². The second kappa shape index (κ2) is 7.98. The van der Waals surface area contributed by atoms with Gasteiger partial charge < -0.3 is 25.4 Å². The molecule has 0 bridgehead atoms. The van der Waals surface area contributed by atoms with E-state index in [0.29, 0.717) is 30.0 Å². The molecule has 9 nitrogen and oxygen atoms in total. The number of hydrogen-bond donors (Lipinski definition) is 3. The number of hydrogen-bond acceptors (Lipinski definition) is 7. The lowest BCUT2D eigenvalue weighted by Crippen LogP contribution is -2.52. The summed E-state index contributed by atoms with van der Waals surface area (Å²) in [7, 11) is 0. The Morgan fingerprint density at radius 1 is 1.15 bits per heavy atom. The molecule has 3 N–H and O–H groups in total. The summed E-state index contributed by atoms with van der Waals surface area (Å²) < 4.78 is 2.19. The first-order chi connectivity index (χ1) is 16.1. The van der Waals surface area contributed by atoms with Gasteiger partial charge in [0.05, 0.1) is 17.4 Å². The lowest BCUT2D eigenvalue weighted by atomic mass is 9.80. The van der Waals surface area contributed by atoms with E-state index in [2.05, 4.69) is 48.4 Å². The number of nitrogens with zero attached hydrogens (tertiary/aromatic N) is 5. The van der Waals surface area contributed by atoms with Crippen LogP contribution in [0.1, 0.15) is 49.5 Å². The van der Waals surface area contributed by atoms with Gasteiger partial charge in [-0.1, -0.05) is 19.3 Å². The molecule has 1 aliphatic carbocycles. The van der Waals surface area contributed by atoms with Crippen molar-refractivity contribution in [3.63, 3.8) is 0 Å². The monoisotopic (exact) mass is 446 g/mol. The standard InChI is InChI=1S/C24H30N8O/c1-16-14-31(10-9-25-16)18-5-6-20(26-13-18)29-23-27-12-17-11-19-22(33)28-15-24(7-3-2-4-8-24)32(19)21(17)30-23/h5-6,11-13,16,25H,2-4,7-10,14-15H2,1H3,(H,28,33)(H,26,27,29,30)/t16-/m1/s1. The largest absolute Gasteiger partial charge is 0.367 e. The van der Waals surface area contributed by atoms with Crippen molar-refractivity contribution in [1.82, 2.24) is 30.2 Å². The van der Waals surface area contributed by atoms with Crippen molar-refractivity contribution in [2.45, 2.75) is 50.6 Å². The third-order valence-electron chi connectivity index (χ3n) is 7.33. The van der Waals surface area contributed by atoms with Crippen LogP contribution in [0.2, 0.25) is 0 Å². The molecule has 1 amide bonds. The van der Waals surface area contributed by atoms with Gasteiger partial charge in [-0.3, -0.25) is 4.79 Å². The molecule has 3 aliphatic rings. The van der Waals surface area contributed by atoms with Gasteiger partial charge >= 0.3 is 0 Å².